The third-order valence-corrected chi connectivity index (χ3v) is 5.00. The molecule has 0 fully saturated rings. The Labute approximate surface area is 166 Å². The molecule has 28 heavy (non-hydrogen) atoms. The molecule has 0 saturated carbocycles. The van der Waals surface area contributed by atoms with Crippen molar-refractivity contribution in [2.45, 2.75) is 18.5 Å². The summed E-state index contributed by atoms with van der Waals surface area (Å²) >= 11 is 1.19. The lowest BCUT2D eigenvalue weighted by molar-refractivity contribution is -0.118. The van der Waals surface area contributed by atoms with Crippen LogP contribution in [0, 0.1) is 6.92 Å². The molecule has 0 aliphatic heterocycles. The number of fused-ring (bicyclic) bond motifs is 1. The highest BCUT2D eigenvalue weighted by atomic mass is 32.2. The Hall–Kier alpha value is -2.94. The summed E-state index contributed by atoms with van der Waals surface area (Å²) in [4.78, 5) is 34.1. The Morgan fingerprint density at radius 2 is 1.96 bits per heavy atom. The average molecular weight is 402 g/mol. The second kappa shape index (κ2) is 8.83. The Morgan fingerprint density at radius 3 is 2.71 bits per heavy atom. The number of hydrogen-bond donors (Lipinski definition) is 3. The number of hydrogen-bond acceptors (Lipinski definition) is 6. The van der Waals surface area contributed by atoms with Crippen molar-refractivity contribution >= 4 is 28.7 Å². The molecule has 3 rings (SSSR count). The van der Waals surface area contributed by atoms with Crippen LogP contribution in [0.2, 0.25) is 0 Å². The molecular weight excluding hydrogens is 380 g/mol. The summed E-state index contributed by atoms with van der Waals surface area (Å²) in [5, 5.41) is 3.29. The molecule has 1 amide bonds. The number of methoxy groups -OCH3 is 2. The molecule has 1 aromatic carbocycles. The van der Waals surface area contributed by atoms with Crippen LogP contribution in [0.5, 0.6) is 11.5 Å². The molecule has 148 valence electrons. The number of rotatable bonds is 8. The van der Waals surface area contributed by atoms with Crippen LogP contribution in [-0.2, 0) is 11.2 Å². The topological polar surface area (TPSA) is 109 Å². The Morgan fingerprint density at radius 1 is 1.18 bits per heavy atom. The van der Waals surface area contributed by atoms with Gasteiger partial charge in [-0.1, -0.05) is 17.8 Å². The van der Waals surface area contributed by atoms with E-state index in [0.29, 0.717) is 40.7 Å². The summed E-state index contributed by atoms with van der Waals surface area (Å²) in [6.45, 7) is 2.36. The van der Waals surface area contributed by atoms with Crippen LogP contribution < -0.4 is 20.3 Å². The van der Waals surface area contributed by atoms with E-state index in [9.17, 15) is 9.59 Å². The van der Waals surface area contributed by atoms with Gasteiger partial charge < -0.3 is 19.8 Å². The summed E-state index contributed by atoms with van der Waals surface area (Å²) in [6, 6.07) is 7.47. The number of carbonyl (C=O) groups is 1. The third kappa shape index (κ3) is 4.66. The van der Waals surface area contributed by atoms with Gasteiger partial charge in [-0.15, -0.1) is 0 Å². The van der Waals surface area contributed by atoms with Gasteiger partial charge in [-0.2, -0.15) is 0 Å². The van der Waals surface area contributed by atoms with E-state index < -0.39 is 0 Å². The van der Waals surface area contributed by atoms with Crippen molar-refractivity contribution in [3.63, 3.8) is 0 Å². The largest absolute Gasteiger partial charge is 0.493 e. The predicted molar refractivity (Wildman–Crippen MR) is 108 cm³/mol. The van der Waals surface area contributed by atoms with Gasteiger partial charge in [-0.05, 0) is 37.1 Å². The Bertz CT molecular complexity index is 1040. The van der Waals surface area contributed by atoms with Crippen molar-refractivity contribution < 1.29 is 14.3 Å². The highest BCUT2D eigenvalue weighted by molar-refractivity contribution is 7.99. The molecule has 0 radical (unpaired) electrons. The molecule has 0 saturated heterocycles. The summed E-state index contributed by atoms with van der Waals surface area (Å²) in [6.07, 6.45) is 0.667. The highest BCUT2D eigenvalue weighted by Gasteiger charge is 2.09. The molecule has 0 unspecified atom stereocenters. The number of amides is 1. The van der Waals surface area contributed by atoms with Gasteiger partial charge >= 0.3 is 0 Å². The van der Waals surface area contributed by atoms with E-state index in [2.05, 4.69) is 20.3 Å². The molecule has 0 atom stereocenters. The molecular formula is C19H22N4O4S. The molecule has 3 N–H and O–H groups in total. The van der Waals surface area contributed by atoms with Gasteiger partial charge in [-0.3, -0.25) is 14.6 Å². The first-order chi connectivity index (χ1) is 13.5. The molecule has 0 aliphatic carbocycles. The van der Waals surface area contributed by atoms with Crippen molar-refractivity contribution in [2.24, 2.45) is 0 Å². The molecule has 8 nitrogen and oxygen atoms in total. The van der Waals surface area contributed by atoms with Crippen LogP contribution in [0.4, 0.5) is 0 Å². The van der Waals surface area contributed by atoms with Crippen LogP contribution >= 0.6 is 11.8 Å². The van der Waals surface area contributed by atoms with Gasteiger partial charge in [0.2, 0.25) is 5.91 Å². The van der Waals surface area contributed by atoms with Crippen LogP contribution in [0.1, 0.15) is 11.3 Å². The monoisotopic (exact) mass is 402 g/mol. The molecule has 3 aromatic rings. The zero-order chi connectivity index (χ0) is 20.1. The highest BCUT2D eigenvalue weighted by Crippen LogP contribution is 2.27. The van der Waals surface area contributed by atoms with E-state index in [4.69, 9.17) is 9.47 Å². The lowest BCUT2D eigenvalue weighted by Crippen LogP contribution is -2.27. The van der Waals surface area contributed by atoms with E-state index in [0.717, 1.165) is 11.3 Å². The van der Waals surface area contributed by atoms with E-state index in [1.807, 2.05) is 25.1 Å². The van der Waals surface area contributed by atoms with E-state index in [-0.39, 0.29) is 17.2 Å². The van der Waals surface area contributed by atoms with Gasteiger partial charge in [0, 0.05) is 12.2 Å². The molecule has 0 bridgehead atoms. The van der Waals surface area contributed by atoms with Crippen LogP contribution in [0.25, 0.3) is 11.0 Å². The van der Waals surface area contributed by atoms with Gasteiger partial charge in [0.05, 0.1) is 25.5 Å². The lowest BCUT2D eigenvalue weighted by Gasteiger charge is -2.10. The van der Waals surface area contributed by atoms with Gasteiger partial charge in [0.15, 0.2) is 16.7 Å². The molecule has 9 heteroatoms. The fraction of sp³-hybridized carbons (Fsp3) is 0.316. The Balaban J connectivity index is 1.50. The van der Waals surface area contributed by atoms with Crippen LogP contribution in [0.3, 0.4) is 0 Å². The lowest BCUT2D eigenvalue weighted by atomic mass is 10.1. The smallest absolute Gasteiger partial charge is 0.275 e. The quantitative estimate of drug-likeness (QED) is 0.393. The maximum absolute atomic E-state index is 12.1. The minimum atomic E-state index is -0.241. The van der Waals surface area contributed by atoms with Crippen molar-refractivity contribution in [3.05, 3.63) is 45.9 Å². The number of ether oxygens (including phenoxy) is 2. The van der Waals surface area contributed by atoms with Gasteiger partial charge in [0.1, 0.15) is 5.52 Å². The summed E-state index contributed by atoms with van der Waals surface area (Å²) in [7, 11) is 3.18. The number of nitrogens with zero attached hydrogens (tertiary/aromatic N) is 1. The zero-order valence-electron chi connectivity index (χ0n) is 15.9. The second-order valence-electron chi connectivity index (χ2n) is 6.16. The van der Waals surface area contributed by atoms with Crippen molar-refractivity contribution in [1.82, 2.24) is 20.3 Å². The fourth-order valence-electron chi connectivity index (χ4n) is 2.77. The summed E-state index contributed by atoms with van der Waals surface area (Å²) in [5.74, 6) is 1.37. The number of aryl methyl sites for hydroxylation is 1. The first kappa shape index (κ1) is 19.8. The zero-order valence-corrected chi connectivity index (χ0v) is 16.7. The fourth-order valence-corrected chi connectivity index (χ4v) is 3.47. The number of aromatic amines is 2. The number of thioether (sulfide) groups is 1. The minimum absolute atomic E-state index is 0.126. The average Bonchev–Trinajstić information content (AvgIpc) is 3.07. The van der Waals surface area contributed by atoms with E-state index in [1.54, 1.807) is 20.3 Å². The number of aromatic nitrogens is 3. The van der Waals surface area contributed by atoms with Crippen molar-refractivity contribution in [2.75, 3.05) is 26.5 Å². The number of nitrogens with one attached hydrogen (secondary N) is 3. The first-order valence-electron chi connectivity index (χ1n) is 8.70. The Kier molecular flexibility index (Phi) is 6.25. The summed E-state index contributed by atoms with van der Waals surface area (Å²) < 4.78 is 10.5. The number of benzene rings is 1. The molecule has 2 aromatic heterocycles. The maximum Gasteiger partial charge on any atom is 0.275 e. The van der Waals surface area contributed by atoms with Gasteiger partial charge in [-0.25, -0.2) is 4.98 Å². The number of H-pyrrole nitrogens is 2. The van der Waals surface area contributed by atoms with Crippen LogP contribution in [0.15, 0.2) is 34.2 Å². The molecule has 0 aliphatic rings. The predicted octanol–water partition coefficient (Wildman–Crippen LogP) is 2.03. The van der Waals surface area contributed by atoms with Crippen LogP contribution in [-0.4, -0.2) is 47.4 Å². The van der Waals surface area contributed by atoms with Crippen molar-refractivity contribution in [3.8, 4) is 11.5 Å². The normalized spacial score (nSPS) is 10.8. The van der Waals surface area contributed by atoms with Crippen molar-refractivity contribution in [1.29, 1.82) is 0 Å². The summed E-state index contributed by atoms with van der Waals surface area (Å²) in [5.41, 5.74) is 2.70. The minimum Gasteiger partial charge on any atom is -0.493 e. The second-order valence-corrected chi connectivity index (χ2v) is 7.13. The van der Waals surface area contributed by atoms with Gasteiger partial charge in [0.25, 0.3) is 5.56 Å². The molecule has 0 spiro atoms. The van der Waals surface area contributed by atoms with E-state index >= 15 is 0 Å². The standard InChI is InChI=1S/C19H22N4O4S/c1-11-8-13-17(21-11)18(25)23-19(22-13)28-10-16(24)20-7-6-12-4-5-14(26-2)15(9-12)27-3/h4-5,8-9,21H,6-7,10H2,1-3H3,(H,20,24)(H,22,23,25). The first-order valence-corrected chi connectivity index (χ1v) is 9.68. The number of carbonyl (C=O) groups excluding carboxylic acids is 1. The maximum atomic E-state index is 12.1. The third-order valence-electron chi connectivity index (χ3n) is 4.12. The van der Waals surface area contributed by atoms with E-state index in [1.165, 1.54) is 11.8 Å². The molecule has 2 heterocycles. The SMILES string of the molecule is COc1ccc(CCNC(=O)CSc2nc3cc(C)[nH]c3c(=O)[nH]2)cc1OC.